The summed E-state index contributed by atoms with van der Waals surface area (Å²) in [5, 5.41) is 17.5. The van der Waals surface area contributed by atoms with E-state index in [9.17, 15) is 4.57 Å². The molecule has 18 heavy (non-hydrogen) atoms. The summed E-state index contributed by atoms with van der Waals surface area (Å²) in [6.07, 6.45) is 4.85. The molecule has 0 atom stereocenters. The van der Waals surface area contributed by atoms with E-state index in [1.807, 2.05) is 26.0 Å². The highest BCUT2D eigenvalue weighted by Gasteiger charge is 2.18. The summed E-state index contributed by atoms with van der Waals surface area (Å²) >= 11 is 0. The average molecular weight is 277 g/mol. The van der Waals surface area contributed by atoms with Gasteiger partial charge in [0.25, 0.3) is 0 Å². The van der Waals surface area contributed by atoms with E-state index in [0.717, 1.165) is 11.1 Å². The minimum absolute atomic E-state index is 0.0270. The zero-order valence-electron chi connectivity index (χ0n) is 11.0. The van der Waals surface area contributed by atoms with Crippen molar-refractivity contribution < 1.29 is 23.8 Å². The molecule has 0 radical (unpaired) electrons. The SMILES string of the molecule is C/C(=C\CCO[P+](=O)OCC/C=C(\C)CO)CO. The third-order valence-corrected chi connectivity index (χ3v) is 2.90. The monoisotopic (exact) mass is 277 g/mol. The van der Waals surface area contributed by atoms with Crippen LogP contribution >= 0.6 is 8.25 Å². The molecule has 0 aliphatic rings. The predicted octanol–water partition coefficient (Wildman–Crippen LogP) is 2.33. The molecule has 5 nitrogen and oxygen atoms in total. The summed E-state index contributed by atoms with van der Waals surface area (Å²) < 4.78 is 21.2. The Bertz CT molecular complexity index is 271. The Kier molecular flexibility index (Phi) is 11.1. The maximum absolute atomic E-state index is 11.2. The van der Waals surface area contributed by atoms with Gasteiger partial charge in [0, 0.05) is 4.57 Å². The van der Waals surface area contributed by atoms with Gasteiger partial charge in [0.2, 0.25) is 0 Å². The molecule has 0 aromatic rings. The highest BCUT2D eigenvalue weighted by molar-refractivity contribution is 7.33. The van der Waals surface area contributed by atoms with Crippen molar-refractivity contribution in [2.24, 2.45) is 0 Å². The molecular weight excluding hydrogens is 255 g/mol. The zero-order chi connectivity index (χ0) is 13.8. The van der Waals surface area contributed by atoms with Crippen molar-refractivity contribution in [1.82, 2.24) is 0 Å². The Hall–Kier alpha value is -0.580. The van der Waals surface area contributed by atoms with Gasteiger partial charge in [0.15, 0.2) is 0 Å². The molecule has 2 N–H and O–H groups in total. The topological polar surface area (TPSA) is 76.0 Å². The van der Waals surface area contributed by atoms with Crippen molar-refractivity contribution in [1.29, 1.82) is 0 Å². The van der Waals surface area contributed by atoms with Crippen molar-refractivity contribution >= 4 is 8.25 Å². The van der Waals surface area contributed by atoms with Crippen LogP contribution in [0.25, 0.3) is 0 Å². The second kappa shape index (κ2) is 11.5. The van der Waals surface area contributed by atoms with Crippen LogP contribution in [0.4, 0.5) is 0 Å². The smallest absolute Gasteiger partial charge is 0.392 e. The number of hydrogen-bond acceptors (Lipinski definition) is 5. The number of aliphatic hydroxyl groups excluding tert-OH is 2. The standard InChI is InChI=1S/C12H22O5P/c1-11(9-13)5-3-7-16-18(15)17-8-4-6-12(2)10-14/h5-6,13-14H,3-4,7-10H2,1-2H3/q+1/b11-5+,12-6+. The van der Waals surface area contributed by atoms with Gasteiger partial charge >= 0.3 is 8.25 Å². The lowest BCUT2D eigenvalue weighted by atomic mass is 10.2. The van der Waals surface area contributed by atoms with Crippen LogP contribution in [0.15, 0.2) is 23.3 Å². The zero-order valence-corrected chi connectivity index (χ0v) is 11.9. The Morgan fingerprint density at radius 2 is 1.39 bits per heavy atom. The van der Waals surface area contributed by atoms with Crippen molar-refractivity contribution in [3.63, 3.8) is 0 Å². The van der Waals surface area contributed by atoms with Crippen molar-refractivity contribution in [3.05, 3.63) is 23.3 Å². The fraction of sp³-hybridized carbons (Fsp3) is 0.667. The highest BCUT2D eigenvalue weighted by atomic mass is 31.1. The summed E-state index contributed by atoms with van der Waals surface area (Å²) in [6.45, 7) is 4.28. The molecule has 0 aromatic heterocycles. The van der Waals surface area contributed by atoms with Crippen LogP contribution in [-0.2, 0) is 13.6 Å². The molecule has 104 valence electrons. The quantitative estimate of drug-likeness (QED) is 0.364. The Morgan fingerprint density at radius 1 is 1.00 bits per heavy atom. The molecule has 0 unspecified atom stereocenters. The van der Waals surface area contributed by atoms with Gasteiger partial charge in [-0.15, -0.1) is 9.05 Å². The number of aliphatic hydroxyl groups is 2. The Morgan fingerprint density at radius 3 is 1.72 bits per heavy atom. The molecule has 0 aliphatic heterocycles. The van der Waals surface area contributed by atoms with E-state index in [0.29, 0.717) is 26.1 Å². The first kappa shape index (κ1) is 17.4. The molecule has 0 amide bonds. The van der Waals surface area contributed by atoms with Crippen LogP contribution in [-0.4, -0.2) is 36.6 Å². The van der Waals surface area contributed by atoms with Crippen LogP contribution in [0.5, 0.6) is 0 Å². The molecule has 0 aromatic carbocycles. The second-order valence-electron chi connectivity index (χ2n) is 3.88. The van der Waals surface area contributed by atoms with Gasteiger partial charge in [-0.05, 0) is 26.7 Å². The van der Waals surface area contributed by atoms with Gasteiger partial charge in [0.1, 0.15) is 13.2 Å². The lowest BCUT2D eigenvalue weighted by molar-refractivity contribution is 0.231. The van der Waals surface area contributed by atoms with Crippen molar-refractivity contribution in [3.8, 4) is 0 Å². The highest BCUT2D eigenvalue weighted by Crippen LogP contribution is 2.24. The minimum Gasteiger partial charge on any atom is -0.392 e. The van der Waals surface area contributed by atoms with Gasteiger partial charge < -0.3 is 10.2 Å². The summed E-state index contributed by atoms with van der Waals surface area (Å²) in [7, 11) is -2.08. The Balaban J connectivity index is 3.55. The van der Waals surface area contributed by atoms with E-state index < -0.39 is 8.25 Å². The first-order valence-electron chi connectivity index (χ1n) is 5.86. The first-order valence-corrected chi connectivity index (χ1v) is 6.95. The van der Waals surface area contributed by atoms with E-state index >= 15 is 0 Å². The van der Waals surface area contributed by atoms with E-state index in [4.69, 9.17) is 19.3 Å². The minimum atomic E-state index is -2.08. The maximum atomic E-state index is 11.2. The molecule has 0 spiro atoms. The third-order valence-electron chi connectivity index (χ3n) is 2.11. The second-order valence-corrected chi connectivity index (χ2v) is 4.85. The van der Waals surface area contributed by atoms with Crippen molar-refractivity contribution in [2.75, 3.05) is 26.4 Å². The first-order chi connectivity index (χ1) is 8.60. The predicted molar refractivity (Wildman–Crippen MR) is 70.4 cm³/mol. The molecule has 0 saturated heterocycles. The molecule has 0 bridgehead atoms. The number of hydrogen-bond donors (Lipinski definition) is 2. The van der Waals surface area contributed by atoms with Gasteiger partial charge in [-0.2, -0.15) is 0 Å². The average Bonchev–Trinajstić information content (AvgIpc) is 2.38. The van der Waals surface area contributed by atoms with Crippen LogP contribution in [0.2, 0.25) is 0 Å². The van der Waals surface area contributed by atoms with E-state index in [1.54, 1.807) is 0 Å². The number of rotatable bonds is 10. The molecular formula is C12H22O5P+. The van der Waals surface area contributed by atoms with Crippen LogP contribution in [0.1, 0.15) is 26.7 Å². The summed E-state index contributed by atoms with van der Waals surface area (Å²) in [5.74, 6) is 0. The van der Waals surface area contributed by atoms with Crippen LogP contribution < -0.4 is 0 Å². The van der Waals surface area contributed by atoms with E-state index in [-0.39, 0.29) is 13.2 Å². The molecule has 0 rings (SSSR count). The van der Waals surface area contributed by atoms with Crippen molar-refractivity contribution in [2.45, 2.75) is 26.7 Å². The normalized spacial score (nSPS) is 12.9. The van der Waals surface area contributed by atoms with Gasteiger partial charge in [0.05, 0.1) is 13.2 Å². The van der Waals surface area contributed by atoms with Gasteiger partial charge in [-0.1, -0.05) is 23.3 Å². The summed E-state index contributed by atoms with van der Waals surface area (Å²) in [5.41, 5.74) is 1.72. The lowest BCUT2D eigenvalue weighted by Gasteiger charge is -1.94. The molecule has 0 saturated carbocycles. The Labute approximate surface area is 109 Å². The molecule has 0 fully saturated rings. The van der Waals surface area contributed by atoms with E-state index in [2.05, 4.69) is 0 Å². The lowest BCUT2D eigenvalue weighted by Crippen LogP contribution is -1.92. The van der Waals surface area contributed by atoms with E-state index in [1.165, 1.54) is 0 Å². The maximum Gasteiger partial charge on any atom is 0.697 e. The fourth-order valence-corrected chi connectivity index (χ4v) is 1.61. The van der Waals surface area contributed by atoms with Gasteiger partial charge in [-0.3, -0.25) is 0 Å². The molecule has 0 heterocycles. The van der Waals surface area contributed by atoms with Crippen LogP contribution in [0, 0.1) is 0 Å². The molecule has 0 aliphatic carbocycles. The van der Waals surface area contributed by atoms with Gasteiger partial charge in [-0.25, -0.2) is 0 Å². The fourth-order valence-electron chi connectivity index (χ4n) is 1.03. The largest absolute Gasteiger partial charge is 0.697 e. The van der Waals surface area contributed by atoms with Crippen LogP contribution in [0.3, 0.4) is 0 Å². The third kappa shape index (κ3) is 10.6. The summed E-state index contributed by atoms with van der Waals surface area (Å²) in [6, 6.07) is 0. The summed E-state index contributed by atoms with van der Waals surface area (Å²) in [4.78, 5) is 0. The molecule has 6 heteroatoms.